The van der Waals surface area contributed by atoms with Crippen LogP contribution in [0.5, 0.6) is 0 Å². The van der Waals surface area contributed by atoms with Crippen LogP contribution in [0.3, 0.4) is 0 Å². The SMILES string of the molecule is O=C(CCc1ccccc1)N1CCS[C@H]1c1cccc(C(F)(F)F)c1. The van der Waals surface area contributed by atoms with E-state index in [4.69, 9.17) is 0 Å². The second-order valence-electron chi connectivity index (χ2n) is 5.92. The van der Waals surface area contributed by atoms with E-state index >= 15 is 0 Å². The van der Waals surface area contributed by atoms with Crippen LogP contribution in [-0.2, 0) is 17.4 Å². The van der Waals surface area contributed by atoms with E-state index in [1.54, 1.807) is 11.0 Å². The zero-order valence-corrected chi connectivity index (χ0v) is 14.3. The highest BCUT2D eigenvalue weighted by atomic mass is 32.2. The first-order chi connectivity index (χ1) is 11.9. The van der Waals surface area contributed by atoms with Crippen LogP contribution in [0.15, 0.2) is 54.6 Å². The summed E-state index contributed by atoms with van der Waals surface area (Å²) in [6.07, 6.45) is -3.38. The van der Waals surface area contributed by atoms with Crippen molar-refractivity contribution in [2.45, 2.75) is 24.4 Å². The first-order valence-corrected chi connectivity index (χ1v) is 9.12. The molecule has 6 heteroatoms. The molecule has 1 atom stereocenters. The average Bonchev–Trinajstić information content (AvgIpc) is 3.10. The minimum absolute atomic E-state index is 0.0173. The van der Waals surface area contributed by atoms with E-state index in [2.05, 4.69) is 0 Å². The molecule has 1 aliphatic heterocycles. The fourth-order valence-corrected chi connectivity index (χ4v) is 4.18. The smallest absolute Gasteiger partial charge is 0.326 e. The summed E-state index contributed by atoms with van der Waals surface area (Å²) in [5.74, 6) is 0.717. The molecule has 1 heterocycles. The summed E-state index contributed by atoms with van der Waals surface area (Å²) < 4.78 is 38.8. The highest BCUT2D eigenvalue weighted by molar-refractivity contribution is 7.99. The summed E-state index contributed by atoms with van der Waals surface area (Å²) in [5.41, 5.74) is 0.942. The van der Waals surface area contributed by atoms with Gasteiger partial charge in [-0.15, -0.1) is 11.8 Å². The lowest BCUT2D eigenvalue weighted by Gasteiger charge is -2.25. The quantitative estimate of drug-likeness (QED) is 0.767. The molecule has 1 aliphatic rings. The molecule has 0 unspecified atom stereocenters. The molecule has 3 rings (SSSR count). The van der Waals surface area contributed by atoms with E-state index in [0.717, 1.165) is 23.4 Å². The fourth-order valence-electron chi connectivity index (χ4n) is 2.91. The predicted octanol–water partition coefficient (Wildman–Crippen LogP) is 4.91. The number of halogens is 3. The van der Waals surface area contributed by atoms with E-state index < -0.39 is 11.7 Å². The Bertz CT molecular complexity index is 733. The summed E-state index contributed by atoms with van der Waals surface area (Å²) in [6.45, 7) is 0.569. The van der Waals surface area contributed by atoms with Crippen molar-refractivity contribution in [1.82, 2.24) is 4.90 Å². The number of carbonyl (C=O) groups is 1. The summed E-state index contributed by atoms with van der Waals surface area (Å²) >= 11 is 1.51. The topological polar surface area (TPSA) is 20.3 Å². The van der Waals surface area contributed by atoms with Gasteiger partial charge in [0, 0.05) is 18.7 Å². The molecule has 0 radical (unpaired) electrons. The molecule has 2 aromatic carbocycles. The minimum atomic E-state index is -4.37. The van der Waals surface area contributed by atoms with Crippen molar-refractivity contribution < 1.29 is 18.0 Å². The van der Waals surface area contributed by atoms with Crippen LogP contribution >= 0.6 is 11.8 Å². The maximum absolute atomic E-state index is 12.9. The Morgan fingerprint density at radius 3 is 2.60 bits per heavy atom. The van der Waals surface area contributed by atoms with Crippen LogP contribution in [0.4, 0.5) is 13.2 Å². The van der Waals surface area contributed by atoms with Crippen LogP contribution in [-0.4, -0.2) is 23.1 Å². The lowest BCUT2D eigenvalue weighted by atomic mass is 10.1. The largest absolute Gasteiger partial charge is 0.416 e. The Balaban J connectivity index is 1.71. The third-order valence-corrected chi connectivity index (χ3v) is 5.44. The Labute approximate surface area is 149 Å². The van der Waals surface area contributed by atoms with Crippen molar-refractivity contribution in [2.24, 2.45) is 0 Å². The molecule has 0 spiro atoms. The van der Waals surface area contributed by atoms with E-state index in [9.17, 15) is 18.0 Å². The molecule has 1 amide bonds. The van der Waals surface area contributed by atoms with E-state index in [0.29, 0.717) is 24.9 Å². The number of thioether (sulfide) groups is 1. The maximum atomic E-state index is 12.9. The van der Waals surface area contributed by atoms with Gasteiger partial charge in [-0.1, -0.05) is 42.5 Å². The monoisotopic (exact) mass is 365 g/mol. The van der Waals surface area contributed by atoms with Crippen LogP contribution in [0.1, 0.15) is 28.5 Å². The third-order valence-electron chi connectivity index (χ3n) is 4.18. The Morgan fingerprint density at radius 2 is 1.88 bits per heavy atom. The molecule has 0 aliphatic carbocycles. The van der Waals surface area contributed by atoms with E-state index in [1.807, 2.05) is 30.3 Å². The number of benzene rings is 2. The van der Waals surface area contributed by atoms with Crippen molar-refractivity contribution in [1.29, 1.82) is 0 Å². The first kappa shape index (κ1) is 17.9. The normalized spacial score (nSPS) is 17.7. The molecule has 25 heavy (non-hydrogen) atoms. The van der Waals surface area contributed by atoms with Crippen LogP contribution < -0.4 is 0 Å². The molecule has 1 saturated heterocycles. The van der Waals surface area contributed by atoms with Gasteiger partial charge in [0.15, 0.2) is 0 Å². The van der Waals surface area contributed by atoms with Gasteiger partial charge in [-0.3, -0.25) is 4.79 Å². The number of aryl methyl sites for hydroxylation is 1. The highest BCUT2D eigenvalue weighted by Crippen LogP contribution is 2.40. The standard InChI is InChI=1S/C19H18F3NOS/c20-19(21,22)16-8-4-7-15(13-16)18-23(11-12-25-18)17(24)10-9-14-5-2-1-3-6-14/h1-8,13,18H,9-12H2/t18-/m0/s1. The Hall–Kier alpha value is -1.95. The summed E-state index contributed by atoms with van der Waals surface area (Å²) in [5, 5.41) is -0.342. The Kier molecular flexibility index (Phi) is 5.37. The summed E-state index contributed by atoms with van der Waals surface area (Å²) in [4.78, 5) is 14.3. The first-order valence-electron chi connectivity index (χ1n) is 8.07. The molecule has 0 aromatic heterocycles. The molecular formula is C19H18F3NOS. The van der Waals surface area contributed by atoms with Crippen LogP contribution in [0.2, 0.25) is 0 Å². The summed E-state index contributed by atoms with van der Waals surface area (Å²) in [6, 6.07) is 15.0. The molecule has 2 aromatic rings. The lowest BCUT2D eigenvalue weighted by Crippen LogP contribution is -2.30. The van der Waals surface area contributed by atoms with Crippen LogP contribution in [0.25, 0.3) is 0 Å². The lowest BCUT2D eigenvalue weighted by molar-refractivity contribution is -0.137. The van der Waals surface area contributed by atoms with Gasteiger partial charge in [-0.05, 0) is 29.7 Å². The number of amides is 1. The molecule has 132 valence electrons. The Morgan fingerprint density at radius 1 is 1.12 bits per heavy atom. The van der Waals surface area contributed by atoms with Crippen molar-refractivity contribution in [2.75, 3.05) is 12.3 Å². The fraction of sp³-hybridized carbons (Fsp3) is 0.316. The minimum Gasteiger partial charge on any atom is -0.326 e. The maximum Gasteiger partial charge on any atom is 0.416 e. The zero-order valence-electron chi connectivity index (χ0n) is 13.5. The van der Waals surface area contributed by atoms with Gasteiger partial charge in [0.05, 0.1) is 5.56 Å². The van der Waals surface area contributed by atoms with Gasteiger partial charge in [-0.2, -0.15) is 13.2 Å². The highest BCUT2D eigenvalue weighted by Gasteiger charge is 2.34. The van der Waals surface area contributed by atoms with Crippen molar-refractivity contribution in [3.05, 3.63) is 71.3 Å². The van der Waals surface area contributed by atoms with E-state index in [1.165, 1.54) is 17.8 Å². The molecule has 0 saturated carbocycles. The predicted molar refractivity (Wildman–Crippen MR) is 93.1 cm³/mol. The third kappa shape index (κ3) is 4.37. The number of hydrogen-bond donors (Lipinski definition) is 0. The summed E-state index contributed by atoms with van der Waals surface area (Å²) in [7, 11) is 0. The van der Waals surface area contributed by atoms with Crippen molar-refractivity contribution in [3.8, 4) is 0 Å². The van der Waals surface area contributed by atoms with Gasteiger partial charge in [0.2, 0.25) is 5.91 Å². The van der Waals surface area contributed by atoms with Gasteiger partial charge in [0.25, 0.3) is 0 Å². The molecule has 1 fully saturated rings. The number of hydrogen-bond acceptors (Lipinski definition) is 2. The number of alkyl halides is 3. The zero-order chi connectivity index (χ0) is 17.9. The van der Waals surface area contributed by atoms with Gasteiger partial charge < -0.3 is 4.90 Å². The van der Waals surface area contributed by atoms with E-state index in [-0.39, 0.29) is 11.3 Å². The van der Waals surface area contributed by atoms with Gasteiger partial charge >= 0.3 is 6.18 Å². The van der Waals surface area contributed by atoms with Gasteiger partial charge in [0.1, 0.15) is 5.37 Å². The second-order valence-corrected chi connectivity index (χ2v) is 7.11. The number of nitrogens with zero attached hydrogens (tertiary/aromatic N) is 1. The van der Waals surface area contributed by atoms with Crippen molar-refractivity contribution >= 4 is 17.7 Å². The van der Waals surface area contributed by atoms with Gasteiger partial charge in [-0.25, -0.2) is 0 Å². The second kappa shape index (κ2) is 7.52. The van der Waals surface area contributed by atoms with Crippen LogP contribution in [0, 0.1) is 0 Å². The van der Waals surface area contributed by atoms with Crippen molar-refractivity contribution in [3.63, 3.8) is 0 Å². The molecule has 0 N–H and O–H groups in total. The average molecular weight is 365 g/mol. The molecule has 2 nitrogen and oxygen atoms in total. The molecular weight excluding hydrogens is 347 g/mol. The number of rotatable bonds is 4. The number of carbonyl (C=O) groups excluding carboxylic acids is 1. The molecule has 0 bridgehead atoms.